The van der Waals surface area contributed by atoms with E-state index in [1.165, 1.54) is 0 Å². The third-order valence-electron chi connectivity index (χ3n) is 4.09. The maximum atomic E-state index is 4.69. The molecule has 4 aromatic rings. The minimum absolute atomic E-state index is 0.521. The van der Waals surface area contributed by atoms with Crippen molar-refractivity contribution in [3.8, 4) is 11.4 Å². The molecule has 0 aromatic carbocycles. The van der Waals surface area contributed by atoms with E-state index in [0.29, 0.717) is 18.2 Å². The monoisotopic (exact) mass is 349 g/mol. The Bertz CT molecular complexity index is 1020. The van der Waals surface area contributed by atoms with Gasteiger partial charge in [0.25, 0.3) is 0 Å². The Labute approximate surface area is 150 Å². The maximum absolute atomic E-state index is 4.69. The molecular weight excluding hydrogens is 330 g/mol. The summed E-state index contributed by atoms with van der Waals surface area (Å²) in [4.78, 5) is 13.5. The SMILES string of the molecule is CCCn1cnnc1CNc1nc(-c2cccnc2)nc2c1cnn2C. The Hall–Kier alpha value is -3.36. The molecule has 26 heavy (non-hydrogen) atoms. The smallest absolute Gasteiger partial charge is 0.165 e. The van der Waals surface area contributed by atoms with E-state index in [0.717, 1.165) is 35.4 Å². The fourth-order valence-electron chi connectivity index (χ4n) is 2.79. The second kappa shape index (κ2) is 6.87. The normalized spacial score (nSPS) is 11.2. The van der Waals surface area contributed by atoms with Crippen molar-refractivity contribution in [2.45, 2.75) is 26.4 Å². The first-order valence-electron chi connectivity index (χ1n) is 8.47. The molecule has 0 amide bonds. The Morgan fingerprint density at radius 2 is 2.12 bits per heavy atom. The minimum atomic E-state index is 0.521. The lowest BCUT2D eigenvalue weighted by molar-refractivity contribution is 0.643. The standard InChI is InChI=1S/C17H19N9/c1-3-7-26-11-20-24-14(26)10-19-16-13-9-21-25(2)17(13)23-15(22-16)12-5-4-6-18-8-12/h4-6,8-9,11H,3,7,10H2,1-2H3,(H,19,22,23). The van der Waals surface area contributed by atoms with Crippen LogP contribution >= 0.6 is 0 Å². The quantitative estimate of drug-likeness (QED) is 0.568. The summed E-state index contributed by atoms with van der Waals surface area (Å²) in [6, 6.07) is 3.80. The van der Waals surface area contributed by atoms with Gasteiger partial charge < -0.3 is 9.88 Å². The van der Waals surface area contributed by atoms with Crippen molar-refractivity contribution in [1.82, 2.24) is 39.5 Å². The number of fused-ring (bicyclic) bond motifs is 1. The lowest BCUT2D eigenvalue weighted by atomic mass is 10.2. The summed E-state index contributed by atoms with van der Waals surface area (Å²) < 4.78 is 3.78. The number of aromatic nitrogens is 8. The van der Waals surface area contributed by atoms with Gasteiger partial charge in [-0.05, 0) is 18.6 Å². The molecule has 0 atom stereocenters. The van der Waals surface area contributed by atoms with Gasteiger partial charge in [-0.2, -0.15) is 5.10 Å². The van der Waals surface area contributed by atoms with Crippen molar-refractivity contribution in [3.05, 3.63) is 42.9 Å². The van der Waals surface area contributed by atoms with E-state index in [9.17, 15) is 0 Å². The summed E-state index contributed by atoms with van der Waals surface area (Å²) in [7, 11) is 1.87. The largest absolute Gasteiger partial charge is 0.362 e. The Balaban J connectivity index is 1.70. The maximum Gasteiger partial charge on any atom is 0.165 e. The molecule has 0 bridgehead atoms. The van der Waals surface area contributed by atoms with E-state index in [1.54, 1.807) is 29.6 Å². The molecule has 0 unspecified atom stereocenters. The van der Waals surface area contributed by atoms with Crippen LogP contribution in [0.2, 0.25) is 0 Å². The van der Waals surface area contributed by atoms with E-state index < -0.39 is 0 Å². The highest BCUT2D eigenvalue weighted by molar-refractivity contribution is 5.88. The van der Waals surface area contributed by atoms with Gasteiger partial charge in [-0.25, -0.2) is 9.97 Å². The van der Waals surface area contributed by atoms with E-state index in [4.69, 9.17) is 0 Å². The summed E-state index contributed by atoms with van der Waals surface area (Å²) in [6.45, 7) is 3.53. The highest BCUT2D eigenvalue weighted by Crippen LogP contribution is 2.24. The van der Waals surface area contributed by atoms with Gasteiger partial charge in [0.05, 0.1) is 18.1 Å². The van der Waals surface area contributed by atoms with Crippen LogP contribution in [0.5, 0.6) is 0 Å². The number of pyridine rings is 1. The van der Waals surface area contributed by atoms with Gasteiger partial charge in [0, 0.05) is 31.5 Å². The summed E-state index contributed by atoms with van der Waals surface area (Å²) in [5.41, 5.74) is 1.61. The zero-order chi connectivity index (χ0) is 17.9. The molecule has 0 saturated carbocycles. The summed E-state index contributed by atoms with van der Waals surface area (Å²) in [6.07, 6.45) is 8.02. The molecule has 0 aliphatic rings. The predicted molar refractivity (Wildman–Crippen MR) is 97.2 cm³/mol. The number of nitrogens with zero attached hydrogens (tertiary/aromatic N) is 8. The molecule has 4 aromatic heterocycles. The fourth-order valence-corrected chi connectivity index (χ4v) is 2.79. The van der Waals surface area contributed by atoms with Crippen LogP contribution in [0.4, 0.5) is 5.82 Å². The highest BCUT2D eigenvalue weighted by atomic mass is 15.3. The van der Waals surface area contributed by atoms with E-state index in [1.807, 2.05) is 23.7 Å². The molecule has 0 spiro atoms. The van der Waals surface area contributed by atoms with Crippen LogP contribution in [0.1, 0.15) is 19.2 Å². The van der Waals surface area contributed by atoms with Crippen molar-refractivity contribution in [2.75, 3.05) is 5.32 Å². The molecule has 4 heterocycles. The van der Waals surface area contributed by atoms with Gasteiger partial charge in [0.1, 0.15) is 12.1 Å². The van der Waals surface area contributed by atoms with Crippen LogP contribution in [-0.4, -0.2) is 39.5 Å². The molecule has 4 rings (SSSR count). The van der Waals surface area contributed by atoms with E-state index in [2.05, 4.69) is 42.5 Å². The van der Waals surface area contributed by atoms with Crippen LogP contribution in [0.25, 0.3) is 22.4 Å². The van der Waals surface area contributed by atoms with Crippen LogP contribution in [-0.2, 0) is 20.1 Å². The molecule has 1 N–H and O–H groups in total. The molecule has 0 aliphatic carbocycles. The zero-order valence-electron chi connectivity index (χ0n) is 14.7. The first-order chi connectivity index (χ1) is 12.8. The average Bonchev–Trinajstić information content (AvgIpc) is 3.27. The summed E-state index contributed by atoms with van der Waals surface area (Å²) in [5, 5.41) is 16.7. The van der Waals surface area contributed by atoms with Gasteiger partial charge in [-0.15, -0.1) is 10.2 Å². The van der Waals surface area contributed by atoms with Gasteiger partial charge in [0.2, 0.25) is 0 Å². The lowest BCUT2D eigenvalue weighted by Gasteiger charge is -2.10. The highest BCUT2D eigenvalue weighted by Gasteiger charge is 2.14. The van der Waals surface area contributed by atoms with Crippen molar-refractivity contribution in [1.29, 1.82) is 0 Å². The van der Waals surface area contributed by atoms with E-state index >= 15 is 0 Å². The second-order valence-corrected chi connectivity index (χ2v) is 5.94. The lowest BCUT2D eigenvalue weighted by Crippen LogP contribution is -2.10. The second-order valence-electron chi connectivity index (χ2n) is 5.94. The number of aryl methyl sites for hydroxylation is 2. The first kappa shape index (κ1) is 16.1. The topological polar surface area (TPSA) is 99.2 Å². The van der Waals surface area contributed by atoms with Gasteiger partial charge in [-0.3, -0.25) is 9.67 Å². The third-order valence-corrected chi connectivity index (χ3v) is 4.09. The number of nitrogens with one attached hydrogen (secondary N) is 1. The summed E-state index contributed by atoms with van der Waals surface area (Å²) >= 11 is 0. The Morgan fingerprint density at radius 3 is 2.92 bits per heavy atom. The third kappa shape index (κ3) is 2.99. The molecule has 0 fully saturated rings. The van der Waals surface area contributed by atoms with Crippen molar-refractivity contribution >= 4 is 16.9 Å². The average molecular weight is 349 g/mol. The molecular formula is C17H19N9. The van der Waals surface area contributed by atoms with Crippen molar-refractivity contribution in [3.63, 3.8) is 0 Å². The van der Waals surface area contributed by atoms with Gasteiger partial charge >= 0.3 is 0 Å². The predicted octanol–water partition coefficient (Wildman–Crippen LogP) is 2.04. The summed E-state index contributed by atoms with van der Waals surface area (Å²) in [5.74, 6) is 2.19. The first-order valence-corrected chi connectivity index (χ1v) is 8.47. The number of hydrogen-bond acceptors (Lipinski definition) is 7. The van der Waals surface area contributed by atoms with Crippen molar-refractivity contribution in [2.24, 2.45) is 7.05 Å². The van der Waals surface area contributed by atoms with E-state index in [-0.39, 0.29) is 0 Å². The van der Waals surface area contributed by atoms with Crippen LogP contribution in [0.15, 0.2) is 37.1 Å². The molecule has 132 valence electrons. The molecule has 0 aliphatic heterocycles. The van der Waals surface area contributed by atoms with Gasteiger partial charge in [0.15, 0.2) is 17.3 Å². The minimum Gasteiger partial charge on any atom is -0.362 e. The number of rotatable bonds is 6. The molecule has 0 radical (unpaired) electrons. The zero-order valence-corrected chi connectivity index (χ0v) is 14.7. The Kier molecular flexibility index (Phi) is 4.26. The molecule has 0 saturated heterocycles. The van der Waals surface area contributed by atoms with Crippen molar-refractivity contribution < 1.29 is 0 Å². The van der Waals surface area contributed by atoms with Crippen LogP contribution < -0.4 is 5.32 Å². The molecule has 9 nitrogen and oxygen atoms in total. The number of hydrogen-bond donors (Lipinski definition) is 1. The number of anilines is 1. The van der Waals surface area contributed by atoms with Crippen LogP contribution in [0, 0.1) is 0 Å². The van der Waals surface area contributed by atoms with Gasteiger partial charge in [-0.1, -0.05) is 6.92 Å². The fraction of sp³-hybridized carbons (Fsp3) is 0.294. The molecule has 9 heteroatoms. The van der Waals surface area contributed by atoms with Crippen LogP contribution in [0.3, 0.4) is 0 Å². The Morgan fingerprint density at radius 1 is 1.19 bits per heavy atom.